The lowest BCUT2D eigenvalue weighted by Crippen LogP contribution is -2.38. The average molecular weight is 321 g/mol. The van der Waals surface area contributed by atoms with Crippen molar-refractivity contribution in [1.29, 1.82) is 0 Å². The molecule has 0 aliphatic carbocycles. The van der Waals surface area contributed by atoms with Crippen molar-refractivity contribution in [3.8, 4) is 17.0 Å². The van der Waals surface area contributed by atoms with Crippen LogP contribution in [0.3, 0.4) is 0 Å². The molecule has 1 amide bonds. The summed E-state index contributed by atoms with van der Waals surface area (Å²) in [6.45, 7) is 2.53. The van der Waals surface area contributed by atoms with Crippen LogP contribution in [0.25, 0.3) is 16.9 Å². The number of benzene rings is 1. The van der Waals surface area contributed by atoms with Crippen LogP contribution in [0.4, 0.5) is 5.69 Å². The highest BCUT2D eigenvalue weighted by atomic mass is 16.5. The number of imidazole rings is 1. The van der Waals surface area contributed by atoms with E-state index in [0.29, 0.717) is 35.0 Å². The summed E-state index contributed by atoms with van der Waals surface area (Å²) in [5, 5.41) is 0. The molecule has 1 aliphatic rings. The second-order valence-corrected chi connectivity index (χ2v) is 5.50. The summed E-state index contributed by atoms with van der Waals surface area (Å²) in [5.41, 5.74) is 3.26. The van der Waals surface area contributed by atoms with Gasteiger partial charge in [0.25, 0.3) is 5.91 Å². The van der Waals surface area contributed by atoms with Crippen molar-refractivity contribution >= 4 is 23.5 Å². The number of ether oxygens (including phenoxy) is 1. The molecule has 4 rings (SSSR count). The molecule has 1 aliphatic heterocycles. The number of rotatable bonds is 3. The van der Waals surface area contributed by atoms with Gasteiger partial charge < -0.3 is 9.64 Å². The fourth-order valence-corrected chi connectivity index (χ4v) is 3.04. The van der Waals surface area contributed by atoms with Gasteiger partial charge in [0.15, 0.2) is 12.9 Å². The number of likely N-dealkylation sites (N-methyl/N-ethyl adjacent to an activating group) is 1. The van der Waals surface area contributed by atoms with Gasteiger partial charge in [-0.05, 0) is 37.3 Å². The van der Waals surface area contributed by atoms with E-state index in [0.717, 1.165) is 11.8 Å². The molecule has 0 atom stereocenters. The number of anilines is 1. The molecule has 1 aromatic carbocycles. The topological polar surface area (TPSA) is 63.9 Å². The number of nitrogens with zero attached hydrogens (tertiary/aromatic N) is 3. The molecule has 0 radical (unpaired) electrons. The molecule has 0 N–H and O–H groups in total. The van der Waals surface area contributed by atoms with Crippen molar-refractivity contribution in [2.75, 3.05) is 18.1 Å². The maximum atomic E-state index is 12.0. The van der Waals surface area contributed by atoms with Crippen LogP contribution in [0.1, 0.15) is 17.4 Å². The molecule has 0 saturated carbocycles. The number of hydrogen-bond acceptors (Lipinski definition) is 4. The molecule has 0 fully saturated rings. The highest BCUT2D eigenvalue weighted by Gasteiger charge is 2.25. The van der Waals surface area contributed by atoms with Crippen LogP contribution < -0.4 is 9.64 Å². The largest absolute Gasteiger partial charge is 0.482 e. The molecule has 24 heavy (non-hydrogen) atoms. The number of carbonyl (C=O) groups excluding carboxylic acids is 2. The van der Waals surface area contributed by atoms with Gasteiger partial charge in [-0.1, -0.05) is 6.07 Å². The third-order valence-electron chi connectivity index (χ3n) is 4.17. The van der Waals surface area contributed by atoms with Crippen LogP contribution in [0.2, 0.25) is 0 Å². The van der Waals surface area contributed by atoms with E-state index in [1.165, 1.54) is 0 Å². The van der Waals surface area contributed by atoms with Gasteiger partial charge in [0.05, 0.1) is 5.69 Å². The van der Waals surface area contributed by atoms with Crippen molar-refractivity contribution in [3.63, 3.8) is 0 Å². The Bertz CT molecular complexity index is 961. The van der Waals surface area contributed by atoms with Crippen LogP contribution in [0.15, 0.2) is 42.6 Å². The summed E-state index contributed by atoms with van der Waals surface area (Å²) >= 11 is 0. The minimum atomic E-state index is -0.0761. The monoisotopic (exact) mass is 321 g/mol. The molecule has 2 aromatic heterocycles. The Morgan fingerprint density at radius 1 is 1.29 bits per heavy atom. The van der Waals surface area contributed by atoms with Crippen molar-refractivity contribution in [1.82, 2.24) is 9.38 Å². The normalized spacial score (nSPS) is 13.7. The summed E-state index contributed by atoms with van der Waals surface area (Å²) in [6, 6.07) is 11.1. The molecular weight excluding hydrogens is 306 g/mol. The van der Waals surface area contributed by atoms with E-state index in [1.54, 1.807) is 15.5 Å². The Hall–Kier alpha value is -3.15. The lowest BCUT2D eigenvalue weighted by Gasteiger charge is -2.28. The van der Waals surface area contributed by atoms with Crippen LogP contribution >= 0.6 is 0 Å². The van der Waals surface area contributed by atoms with E-state index in [1.807, 2.05) is 43.3 Å². The lowest BCUT2D eigenvalue weighted by atomic mass is 10.1. The number of aldehydes is 1. The van der Waals surface area contributed by atoms with Crippen LogP contribution in [-0.2, 0) is 4.79 Å². The third-order valence-corrected chi connectivity index (χ3v) is 4.17. The van der Waals surface area contributed by atoms with E-state index >= 15 is 0 Å². The molecule has 3 aromatic rings. The van der Waals surface area contributed by atoms with Crippen molar-refractivity contribution in [2.45, 2.75) is 6.92 Å². The number of hydrogen-bond donors (Lipinski definition) is 0. The highest BCUT2D eigenvalue weighted by molar-refractivity contribution is 5.99. The maximum absolute atomic E-state index is 12.0. The average Bonchev–Trinajstić information content (AvgIpc) is 2.99. The molecule has 120 valence electrons. The molecular formula is C18H15N3O3. The molecule has 0 bridgehead atoms. The van der Waals surface area contributed by atoms with Crippen LogP contribution in [0.5, 0.6) is 5.75 Å². The summed E-state index contributed by atoms with van der Waals surface area (Å²) in [4.78, 5) is 29.9. The molecule has 3 heterocycles. The minimum absolute atomic E-state index is 0.0497. The first-order valence-corrected chi connectivity index (χ1v) is 7.72. The fraction of sp³-hybridized carbons (Fsp3) is 0.167. The first kappa shape index (κ1) is 14.4. The fourth-order valence-electron chi connectivity index (χ4n) is 3.04. The molecule has 0 saturated heterocycles. The lowest BCUT2D eigenvalue weighted by molar-refractivity contribution is -0.121. The molecule has 6 nitrogen and oxygen atoms in total. The summed E-state index contributed by atoms with van der Waals surface area (Å²) in [7, 11) is 0. The Kier molecular flexibility index (Phi) is 3.30. The Labute approximate surface area is 138 Å². The van der Waals surface area contributed by atoms with Gasteiger partial charge in [-0.25, -0.2) is 4.98 Å². The number of pyridine rings is 1. The van der Waals surface area contributed by atoms with Gasteiger partial charge in [-0.15, -0.1) is 0 Å². The van der Waals surface area contributed by atoms with Gasteiger partial charge in [0, 0.05) is 18.3 Å². The Balaban J connectivity index is 1.91. The first-order valence-electron chi connectivity index (χ1n) is 7.72. The number of carbonyl (C=O) groups is 2. The zero-order valence-electron chi connectivity index (χ0n) is 13.1. The van der Waals surface area contributed by atoms with Crippen molar-refractivity contribution < 1.29 is 14.3 Å². The van der Waals surface area contributed by atoms with E-state index < -0.39 is 0 Å². The third kappa shape index (κ3) is 2.07. The molecule has 0 spiro atoms. The number of amides is 1. The minimum Gasteiger partial charge on any atom is -0.482 e. The predicted molar refractivity (Wildman–Crippen MR) is 89.5 cm³/mol. The van der Waals surface area contributed by atoms with Gasteiger partial charge in [0.1, 0.15) is 22.8 Å². The molecule has 0 unspecified atom stereocenters. The first-order chi connectivity index (χ1) is 11.7. The van der Waals surface area contributed by atoms with Gasteiger partial charge in [0.2, 0.25) is 0 Å². The van der Waals surface area contributed by atoms with Crippen LogP contribution in [0, 0.1) is 0 Å². The van der Waals surface area contributed by atoms with Gasteiger partial charge >= 0.3 is 0 Å². The summed E-state index contributed by atoms with van der Waals surface area (Å²) < 4.78 is 7.24. The van der Waals surface area contributed by atoms with Crippen molar-refractivity contribution in [3.05, 3.63) is 48.3 Å². The quantitative estimate of drug-likeness (QED) is 0.696. The number of fused-ring (bicyclic) bond motifs is 2. The van der Waals surface area contributed by atoms with E-state index in [2.05, 4.69) is 4.98 Å². The second-order valence-electron chi connectivity index (χ2n) is 5.50. The zero-order valence-corrected chi connectivity index (χ0v) is 13.1. The smallest absolute Gasteiger partial charge is 0.265 e. The second kappa shape index (κ2) is 5.49. The highest BCUT2D eigenvalue weighted by Crippen LogP contribution is 2.36. The summed E-state index contributed by atoms with van der Waals surface area (Å²) in [5.74, 6) is 0.587. The number of aromatic nitrogens is 2. The predicted octanol–water partition coefficient (Wildman–Crippen LogP) is 2.56. The zero-order chi connectivity index (χ0) is 16.7. The van der Waals surface area contributed by atoms with Gasteiger partial charge in [-0.2, -0.15) is 0 Å². The standard InChI is InChI=1S/C18H15N3O3/c1-2-20-13-9-12(6-7-15(13)24-11-17(20)23)18-14(10-22)21-8-4-3-5-16(21)19-18/h3-10H,2,11H2,1H3. The summed E-state index contributed by atoms with van der Waals surface area (Å²) in [6.07, 6.45) is 2.60. The SMILES string of the molecule is CCN1C(=O)COc2ccc(-c3nc4ccccn4c3C=O)cc21. The maximum Gasteiger partial charge on any atom is 0.265 e. The van der Waals surface area contributed by atoms with Crippen LogP contribution in [-0.4, -0.2) is 34.7 Å². The van der Waals surface area contributed by atoms with Crippen molar-refractivity contribution in [2.24, 2.45) is 0 Å². The van der Waals surface area contributed by atoms with Gasteiger partial charge in [-0.3, -0.25) is 14.0 Å². The van der Waals surface area contributed by atoms with E-state index in [9.17, 15) is 9.59 Å². The van der Waals surface area contributed by atoms with E-state index in [-0.39, 0.29) is 12.5 Å². The molecule has 6 heteroatoms. The van der Waals surface area contributed by atoms with E-state index in [4.69, 9.17) is 4.74 Å². The Morgan fingerprint density at radius 3 is 2.96 bits per heavy atom. The Morgan fingerprint density at radius 2 is 2.17 bits per heavy atom.